The van der Waals surface area contributed by atoms with Gasteiger partial charge in [0.25, 0.3) is 0 Å². The smallest absolute Gasteiger partial charge is 0.226 e. The number of nitrogens with one attached hydrogen (secondary N) is 1. The van der Waals surface area contributed by atoms with Crippen molar-refractivity contribution in [2.45, 2.75) is 33.3 Å². The normalized spacial score (nSPS) is 10.8. The van der Waals surface area contributed by atoms with Crippen molar-refractivity contribution >= 4 is 5.95 Å². The Morgan fingerprint density at radius 1 is 1.35 bits per heavy atom. The number of anilines is 1. The van der Waals surface area contributed by atoms with Crippen LogP contribution in [-0.4, -0.2) is 32.2 Å². The summed E-state index contributed by atoms with van der Waals surface area (Å²) in [7, 11) is 1.99. The van der Waals surface area contributed by atoms with Gasteiger partial charge < -0.3 is 14.6 Å². The van der Waals surface area contributed by atoms with Crippen LogP contribution in [0, 0.1) is 6.92 Å². The summed E-state index contributed by atoms with van der Waals surface area (Å²) in [5.74, 6) is 2.23. The molecule has 0 unspecified atom stereocenters. The lowest BCUT2D eigenvalue weighted by Crippen LogP contribution is -2.13. The van der Waals surface area contributed by atoms with E-state index >= 15 is 0 Å². The van der Waals surface area contributed by atoms with E-state index in [1.807, 2.05) is 44.6 Å². The Morgan fingerprint density at radius 3 is 2.80 bits per heavy atom. The Bertz CT molecular complexity index is 564. The van der Waals surface area contributed by atoms with E-state index < -0.39 is 0 Å². The molecule has 0 saturated heterocycles. The molecule has 0 amide bonds. The number of aromatic nitrogens is 4. The largest absolute Gasteiger partial charge is 0.475 e. The molecular formula is C14H21N5O. The van der Waals surface area contributed by atoms with Crippen molar-refractivity contribution < 1.29 is 4.74 Å². The minimum absolute atomic E-state index is 0.102. The molecule has 0 aliphatic rings. The third-order valence-electron chi connectivity index (χ3n) is 2.74. The predicted molar refractivity (Wildman–Crippen MR) is 77.9 cm³/mol. The molecule has 108 valence electrons. The van der Waals surface area contributed by atoms with Crippen LogP contribution in [0.5, 0.6) is 5.88 Å². The Hall–Kier alpha value is -2.11. The summed E-state index contributed by atoms with van der Waals surface area (Å²) in [4.78, 5) is 13.0. The number of nitrogens with zero attached hydrogens (tertiary/aromatic N) is 4. The first-order valence-electron chi connectivity index (χ1n) is 6.77. The molecule has 20 heavy (non-hydrogen) atoms. The summed E-state index contributed by atoms with van der Waals surface area (Å²) in [6.45, 7) is 6.62. The van der Waals surface area contributed by atoms with E-state index in [-0.39, 0.29) is 6.10 Å². The average molecular weight is 275 g/mol. The van der Waals surface area contributed by atoms with Crippen LogP contribution in [0.1, 0.15) is 25.4 Å². The van der Waals surface area contributed by atoms with Crippen molar-refractivity contribution in [3.05, 3.63) is 30.0 Å². The lowest BCUT2D eigenvalue weighted by atomic mass is 10.4. The second-order valence-corrected chi connectivity index (χ2v) is 4.97. The van der Waals surface area contributed by atoms with Gasteiger partial charge in [0.05, 0.1) is 6.10 Å². The van der Waals surface area contributed by atoms with Gasteiger partial charge >= 0.3 is 0 Å². The van der Waals surface area contributed by atoms with E-state index in [4.69, 9.17) is 4.74 Å². The van der Waals surface area contributed by atoms with E-state index in [1.165, 1.54) is 0 Å². The highest BCUT2D eigenvalue weighted by molar-refractivity contribution is 5.30. The molecule has 2 heterocycles. The number of hydrogen-bond acceptors (Lipinski definition) is 5. The summed E-state index contributed by atoms with van der Waals surface area (Å²) in [5, 5.41) is 3.21. The van der Waals surface area contributed by atoms with Gasteiger partial charge in [-0.3, -0.25) is 0 Å². The molecule has 2 aromatic heterocycles. The maximum atomic E-state index is 5.60. The lowest BCUT2D eigenvalue weighted by molar-refractivity contribution is 0.232. The number of rotatable bonds is 6. The second-order valence-electron chi connectivity index (χ2n) is 4.97. The molecule has 0 saturated carbocycles. The van der Waals surface area contributed by atoms with Crippen molar-refractivity contribution in [1.82, 2.24) is 19.5 Å². The van der Waals surface area contributed by atoms with Gasteiger partial charge in [0.15, 0.2) is 0 Å². The minimum atomic E-state index is 0.102. The number of ether oxygens (including phenoxy) is 1. The van der Waals surface area contributed by atoms with Crippen LogP contribution in [0.4, 0.5) is 5.95 Å². The van der Waals surface area contributed by atoms with Crippen LogP contribution < -0.4 is 10.1 Å². The molecular weight excluding hydrogens is 254 g/mol. The topological polar surface area (TPSA) is 64.9 Å². The first-order valence-corrected chi connectivity index (χ1v) is 6.77. The highest BCUT2D eigenvalue weighted by Gasteiger charge is 2.05. The zero-order valence-corrected chi connectivity index (χ0v) is 12.4. The highest BCUT2D eigenvalue weighted by Crippen LogP contribution is 2.13. The minimum Gasteiger partial charge on any atom is -0.475 e. The fourth-order valence-electron chi connectivity index (χ4n) is 1.84. The first kappa shape index (κ1) is 14.3. The molecule has 0 atom stereocenters. The first-order chi connectivity index (χ1) is 9.54. The molecule has 0 bridgehead atoms. The maximum Gasteiger partial charge on any atom is 0.226 e. The standard InChI is InChI=1S/C14H21N5O/c1-10(2)20-13-9-11(3)17-14(18-13)16-6-5-12-15-7-8-19(12)4/h7-10H,5-6H2,1-4H3,(H,16,17,18). The molecule has 0 aliphatic carbocycles. The van der Waals surface area contributed by atoms with E-state index in [0.717, 1.165) is 24.5 Å². The summed E-state index contributed by atoms with van der Waals surface area (Å²) >= 11 is 0. The number of imidazole rings is 1. The van der Waals surface area contributed by atoms with Gasteiger partial charge in [-0.15, -0.1) is 0 Å². The highest BCUT2D eigenvalue weighted by atomic mass is 16.5. The number of hydrogen-bond donors (Lipinski definition) is 1. The van der Waals surface area contributed by atoms with E-state index in [9.17, 15) is 0 Å². The SMILES string of the molecule is Cc1cc(OC(C)C)nc(NCCc2nccn2C)n1. The van der Waals surface area contributed by atoms with Crippen molar-refractivity contribution in [3.8, 4) is 5.88 Å². The molecule has 6 heteroatoms. The van der Waals surface area contributed by atoms with Gasteiger partial charge in [0.2, 0.25) is 11.8 Å². The Labute approximate surface area is 119 Å². The summed E-state index contributed by atoms with van der Waals surface area (Å²) < 4.78 is 7.61. The second kappa shape index (κ2) is 6.36. The maximum absolute atomic E-state index is 5.60. The quantitative estimate of drug-likeness (QED) is 0.873. The van der Waals surface area contributed by atoms with Gasteiger partial charge in [-0.25, -0.2) is 9.97 Å². The fourth-order valence-corrected chi connectivity index (χ4v) is 1.84. The monoisotopic (exact) mass is 275 g/mol. The van der Waals surface area contributed by atoms with Gasteiger partial charge in [0.1, 0.15) is 5.82 Å². The zero-order chi connectivity index (χ0) is 14.5. The van der Waals surface area contributed by atoms with Crippen LogP contribution in [0.3, 0.4) is 0 Å². The van der Waals surface area contributed by atoms with Crippen LogP contribution >= 0.6 is 0 Å². The van der Waals surface area contributed by atoms with Gasteiger partial charge in [0, 0.05) is 44.2 Å². The van der Waals surface area contributed by atoms with E-state index in [1.54, 1.807) is 6.20 Å². The molecule has 1 N–H and O–H groups in total. The van der Waals surface area contributed by atoms with Crippen molar-refractivity contribution in [2.75, 3.05) is 11.9 Å². The molecule has 2 aromatic rings. The van der Waals surface area contributed by atoms with E-state index in [0.29, 0.717) is 11.8 Å². The zero-order valence-electron chi connectivity index (χ0n) is 12.4. The van der Waals surface area contributed by atoms with Crippen LogP contribution in [0.15, 0.2) is 18.5 Å². The third-order valence-corrected chi connectivity index (χ3v) is 2.74. The molecule has 0 spiro atoms. The molecule has 0 aliphatic heterocycles. The third kappa shape index (κ3) is 3.94. The van der Waals surface area contributed by atoms with Crippen LogP contribution in [0.2, 0.25) is 0 Å². The van der Waals surface area contributed by atoms with Crippen molar-refractivity contribution in [1.29, 1.82) is 0 Å². The van der Waals surface area contributed by atoms with Gasteiger partial charge in [-0.1, -0.05) is 0 Å². The number of aryl methyl sites for hydroxylation is 2. The summed E-state index contributed by atoms with van der Waals surface area (Å²) in [5.41, 5.74) is 0.884. The Kier molecular flexibility index (Phi) is 4.55. The summed E-state index contributed by atoms with van der Waals surface area (Å²) in [6, 6.07) is 1.84. The Morgan fingerprint density at radius 2 is 2.15 bits per heavy atom. The molecule has 0 aromatic carbocycles. The van der Waals surface area contributed by atoms with Crippen molar-refractivity contribution in [3.63, 3.8) is 0 Å². The van der Waals surface area contributed by atoms with Crippen LogP contribution in [-0.2, 0) is 13.5 Å². The molecule has 0 fully saturated rings. The molecule has 6 nitrogen and oxygen atoms in total. The van der Waals surface area contributed by atoms with Crippen LogP contribution in [0.25, 0.3) is 0 Å². The van der Waals surface area contributed by atoms with Gasteiger partial charge in [-0.2, -0.15) is 4.98 Å². The molecule has 2 rings (SSSR count). The lowest BCUT2D eigenvalue weighted by Gasteiger charge is -2.11. The van der Waals surface area contributed by atoms with Crippen molar-refractivity contribution in [2.24, 2.45) is 7.05 Å². The van der Waals surface area contributed by atoms with E-state index in [2.05, 4.69) is 20.3 Å². The fraction of sp³-hybridized carbons (Fsp3) is 0.500. The molecule has 0 radical (unpaired) electrons. The predicted octanol–water partition coefficient (Wildman–Crippen LogP) is 1.96. The average Bonchev–Trinajstić information content (AvgIpc) is 2.73. The van der Waals surface area contributed by atoms with Gasteiger partial charge in [-0.05, 0) is 20.8 Å². The Balaban J connectivity index is 1.95. The summed E-state index contributed by atoms with van der Waals surface area (Å²) in [6.07, 6.45) is 4.66.